The molecule has 3 aromatic rings. The maximum Gasteiger partial charge on any atom is 0.294 e. The summed E-state index contributed by atoms with van der Waals surface area (Å²) in [4.78, 5) is -0.170. The molecule has 132 valence electrons. The number of hydrogen-bond donors (Lipinski definition) is 2. The highest BCUT2D eigenvalue weighted by atomic mass is 32.2. The van der Waals surface area contributed by atoms with Crippen LogP contribution < -0.4 is 5.32 Å². The number of nitrogens with one attached hydrogen (secondary N) is 1. The largest absolute Gasteiger partial charge is 0.356 e. The molecule has 0 aliphatic carbocycles. The Bertz CT molecular complexity index is 1030. The van der Waals surface area contributed by atoms with Gasteiger partial charge < -0.3 is 5.32 Å². The van der Waals surface area contributed by atoms with Crippen molar-refractivity contribution in [3.05, 3.63) is 78.4 Å². The SMILES string of the molecule is Cc1ccc(N=Nc2ccc(Nc3ccccc3)cc2)cc1S(=O)(=O)O. The normalized spacial score (nSPS) is 11.6. The molecule has 0 atom stereocenters. The zero-order chi connectivity index (χ0) is 18.6. The quantitative estimate of drug-likeness (QED) is 0.466. The average Bonchev–Trinajstić information content (AvgIpc) is 2.62. The number of aryl methyl sites for hydroxylation is 1. The number of anilines is 2. The molecular weight excluding hydrogens is 350 g/mol. The fraction of sp³-hybridized carbons (Fsp3) is 0.0526. The van der Waals surface area contributed by atoms with E-state index in [1.54, 1.807) is 31.2 Å². The van der Waals surface area contributed by atoms with Gasteiger partial charge in [0.25, 0.3) is 10.1 Å². The summed E-state index contributed by atoms with van der Waals surface area (Å²) >= 11 is 0. The van der Waals surface area contributed by atoms with Gasteiger partial charge in [0, 0.05) is 11.4 Å². The molecule has 0 saturated heterocycles. The topological polar surface area (TPSA) is 91.1 Å². The lowest BCUT2D eigenvalue weighted by Gasteiger charge is -2.06. The van der Waals surface area contributed by atoms with Crippen LogP contribution in [0.5, 0.6) is 0 Å². The third-order valence-corrected chi connectivity index (χ3v) is 4.66. The zero-order valence-electron chi connectivity index (χ0n) is 14.0. The van der Waals surface area contributed by atoms with Crippen LogP contribution in [0.15, 0.2) is 87.9 Å². The third-order valence-electron chi connectivity index (χ3n) is 3.66. The van der Waals surface area contributed by atoms with E-state index in [2.05, 4.69) is 15.5 Å². The number of rotatable bonds is 5. The fourth-order valence-electron chi connectivity index (χ4n) is 2.34. The van der Waals surface area contributed by atoms with Gasteiger partial charge in [0.2, 0.25) is 0 Å². The van der Waals surface area contributed by atoms with E-state index in [1.807, 2.05) is 42.5 Å². The summed E-state index contributed by atoms with van der Waals surface area (Å²) < 4.78 is 31.9. The van der Waals surface area contributed by atoms with Crippen molar-refractivity contribution in [2.45, 2.75) is 11.8 Å². The van der Waals surface area contributed by atoms with E-state index in [-0.39, 0.29) is 4.90 Å². The molecule has 3 rings (SSSR count). The Morgan fingerprint density at radius 2 is 1.38 bits per heavy atom. The first-order chi connectivity index (χ1) is 12.4. The second kappa shape index (κ2) is 7.47. The van der Waals surface area contributed by atoms with Crippen LogP contribution in [0.3, 0.4) is 0 Å². The van der Waals surface area contributed by atoms with Crippen LogP contribution in [0, 0.1) is 6.92 Å². The Hall–Kier alpha value is -3.03. The highest BCUT2D eigenvalue weighted by Crippen LogP contribution is 2.25. The predicted molar refractivity (Wildman–Crippen MR) is 101 cm³/mol. The van der Waals surface area contributed by atoms with Crippen molar-refractivity contribution in [2.24, 2.45) is 10.2 Å². The first-order valence-corrected chi connectivity index (χ1v) is 9.28. The maximum atomic E-state index is 11.3. The van der Waals surface area contributed by atoms with E-state index in [0.717, 1.165) is 11.4 Å². The Kier molecular flexibility index (Phi) is 5.11. The van der Waals surface area contributed by atoms with E-state index in [0.29, 0.717) is 16.9 Å². The predicted octanol–water partition coefficient (Wildman–Crippen LogP) is 5.40. The van der Waals surface area contributed by atoms with E-state index in [1.165, 1.54) is 6.07 Å². The number of para-hydroxylation sites is 1. The third kappa shape index (κ3) is 4.53. The summed E-state index contributed by atoms with van der Waals surface area (Å²) in [5, 5.41) is 11.4. The molecule has 0 fully saturated rings. The molecular formula is C19H17N3O3S. The van der Waals surface area contributed by atoms with Crippen molar-refractivity contribution in [2.75, 3.05) is 5.32 Å². The molecule has 0 aliphatic rings. The van der Waals surface area contributed by atoms with E-state index in [4.69, 9.17) is 0 Å². The molecule has 26 heavy (non-hydrogen) atoms. The van der Waals surface area contributed by atoms with Gasteiger partial charge >= 0.3 is 0 Å². The van der Waals surface area contributed by atoms with Gasteiger partial charge in [0.1, 0.15) is 0 Å². The van der Waals surface area contributed by atoms with Crippen LogP contribution in [-0.4, -0.2) is 13.0 Å². The van der Waals surface area contributed by atoms with Crippen molar-refractivity contribution >= 4 is 32.9 Å². The first-order valence-electron chi connectivity index (χ1n) is 7.84. The molecule has 0 unspecified atom stereocenters. The molecule has 0 aromatic heterocycles. The van der Waals surface area contributed by atoms with Gasteiger partial charge in [0.15, 0.2) is 0 Å². The lowest BCUT2D eigenvalue weighted by molar-refractivity contribution is 0.482. The van der Waals surface area contributed by atoms with Gasteiger partial charge in [-0.25, -0.2) is 0 Å². The number of benzene rings is 3. The van der Waals surface area contributed by atoms with Gasteiger partial charge in [-0.05, 0) is 61.0 Å². The van der Waals surface area contributed by atoms with Gasteiger partial charge in [-0.1, -0.05) is 24.3 Å². The number of nitrogens with zero attached hydrogens (tertiary/aromatic N) is 2. The lowest BCUT2D eigenvalue weighted by atomic mass is 10.2. The van der Waals surface area contributed by atoms with E-state index < -0.39 is 10.1 Å². The second-order valence-corrected chi connectivity index (χ2v) is 7.05. The monoisotopic (exact) mass is 367 g/mol. The summed E-state index contributed by atoms with van der Waals surface area (Å²) in [6.07, 6.45) is 0. The molecule has 2 N–H and O–H groups in total. The van der Waals surface area contributed by atoms with Gasteiger partial charge in [-0.15, -0.1) is 0 Å². The van der Waals surface area contributed by atoms with Crippen molar-refractivity contribution in [3.8, 4) is 0 Å². The van der Waals surface area contributed by atoms with Crippen LogP contribution in [-0.2, 0) is 10.1 Å². The van der Waals surface area contributed by atoms with Crippen molar-refractivity contribution in [1.29, 1.82) is 0 Å². The maximum absolute atomic E-state index is 11.3. The molecule has 7 heteroatoms. The molecule has 6 nitrogen and oxygen atoms in total. The molecule has 0 bridgehead atoms. The van der Waals surface area contributed by atoms with Gasteiger partial charge in [-0.3, -0.25) is 4.55 Å². The summed E-state index contributed by atoms with van der Waals surface area (Å²) in [7, 11) is -4.28. The molecule has 0 saturated carbocycles. The Balaban J connectivity index is 1.75. The molecule has 0 heterocycles. The average molecular weight is 367 g/mol. The fourth-order valence-corrected chi connectivity index (χ4v) is 3.09. The second-order valence-electron chi connectivity index (χ2n) is 5.66. The Labute approximate surface area is 152 Å². The number of azo groups is 1. The van der Waals surface area contributed by atoms with Gasteiger partial charge in [0.05, 0.1) is 16.3 Å². The van der Waals surface area contributed by atoms with Crippen molar-refractivity contribution in [3.63, 3.8) is 0 Å². The van der Waals surface area contributed by atoms with Crippen LogP contribution in [0.1, 0.15) is 5.56 Å². The highest BCUT2D eigenvalue weighted by molar-refractivity contribution is 7.85. The van der Waals surface area contributed by atoms with E-state index >= 15 is 0 Å². The smallest absolute Gasteiger partial charge is 0.294 e. The summed E-state index contributed by atoms with van der Waals surface area (Å²) in [6.45, 7) is 1.60. The molecule has 0 amide bonds. The minimum atomic E-state index is -4.28. The molecule has 3 aromatic carbocycles. The summed E-state index contributed by atoms with van der Waals surface area (Å²) in [6, 6.07) is 21.6. The Morgan fingerprint density at radius 1 is 0.808 bits per heavy atom. The molecule has 0 radical (unpaired) electrons. The van der Waals surface area contributed by atoms with Crippen molar-refractivity contribution < 1.29 is 13.0 Å². The lowest BCUT2D eigenvalue weighted by Crippen LogP contribution is -2.00. The van der Waals surface area contributed by atoms with Gasteiger partial charge in [-0.2, -0.15) is 18.6 Å². The summed E-state index contributed by atoms with van der Waals surface area (Å²) in [5.74, 6) is 0. The molecule has 0 aliphatic heterocycles. The number of hydrogen-bond acceptors (Lipinski definition) is 5. The minimum Gasteiger partial charge on any atom is -0.356 e. The molecule has 0 spiro atoms. The first kappa shape index (κ1) is 17.8. The Morgan fingerprint density at radius 3 is 2.04 bits per heavy atom. The summed E-state index contributed by atoms with van der Waals surface area (Å²) in [5.41, 5.74) is 3.31. The standard InChI is InChI=1S/C19H17N3O3S/c1-14-7-8-18(13-19(14)26(23,24)25)22-21-17-11-9-16(10-12-17)20-15-5-3-2-4-6-15/h2-13,20H,1H3,(H,23,24,25). The zero-order valence-corrected chi connectivity index (χ0v) is 14.8. The van der Waals surface area contributed by atoms with E-state index in [9.17, 15) is 13.0 Å². The van der Waals surface area contributed by atoms with Crippen molar-refractivity contribution in [1.82, 2.24) is 0 Å². The highest BCUT2D eigenvalue weighted by Gasteiger charge is 2.13. The van der Waals surface area contributed by atoms with Crippen LogP contribution in [0.2, 0.25) is 0 Å². The minimum absolute atomic E-state index is 0.170. The van der Waals surface area contributed by atoms with Crippen LogP contribution >= 0.6 is 0 Å². The van der Waals surface area contributed by atoms with Crippen LogP contribution in [0.25, 0.3) is 0 Å². The van der Waals surface area contributed by atoms with Crippen LogP contribution in [0.4, 0.5) is 22.7 Å².